The summed E-state index contributed by atoms with van der Waals surface area (Å²) in [5, 5.41) is 1.13. The molecule has 1 aliphatic heterocycles. The number of hydrogen-bond donors (Lipinski definition) is 1. The van der Waals surface area contributed by atoms with Gasteiger partial charge in [-0.15, -0.1) is 0 Å². The number of ether oxygens (including phenoxy) is 1. The van der Waals surface area contributed by atoms with Gasteiger partial charge in [-0.05, 0) is 30.4 Å². The van der Waals surface area contributed by atoms with Crippen LogP contribution in [0.4, 0.5) is 0 Å². The van der Waals surface area contributed by atoms with Crippen molar-refractivity contribution in [1.82, 2.24) is 0 Å². The fourth-order valence-corrected chi connectivity index (χ4v) is 2.81. The van der Waals surface area contributed by atoms with Crippen LogP contribution >= 0.6 is 0 Å². The lowest BCUT2D eigenvalue weighted by atomic mass is 9.83. The van der Waals surface area contributed by atoms with Gasteiger partial charge < -0.3 is 14.9 Å². The van der Waals surface area contributed by atoms with Crippen molar-refractivity contribution in [1.29, 1.82) is 0 Å². The van der Waals surface area contributed by atoms with Crippen LogP contribution in [0.15, 0.2) is 34.7 Å². The molecule has 3 rings (SSSR count). The second kappa shape index (κ2) is 4.75. The maximum Gasteiger partial charge on any atom is 0.134 e. The lowest BCUT2D eigenvalue weighted by Gasteiger charge is -2.32. The molecule has 1 aromatic heterocycles. The van der Waals surface area contributed by atoms with Gasteiger partial charge in [-0.3, -0.25) is 0 Å². The zero-order chi connectivity index (χ0) is 12.5. The Balaban J connectivity index is 1.88. The molecular formula is C15H19NO2. The summed E-state index contributed by atoms with van der Waals surface area (Å²) < 4.78 is 11.3. The van der Waals surface area contributed by atoms with Gasteiger partial charge in [0.1, 0.15) is 11.3 Å². The molecule has 1 aliphatic rings. The molecule has 1 fully saturated rings. The summed E-state index contributed by atoms with van der Waals surface area (Å²) in [4.78, 5) is 0. The van der Waals surface area contributed by atoms with Crippen LogP contribution < -0.4 is 5.73 Å². The monoisotopic (exact) mass is 245 g/mol. The van der Waals surface area contributed by atoms with E-state index in [9.17, 15) is 0 Å². The first-order valence-electron chi connectivity index (χ1n) is 6.57. The Morgan fingerprint density at radius 2 is 2.17 bits per heavy atom. The fraction of sp³-hybridized carbons (Fsp3) is 0.467. The standard InChI is InChI=1S/C15H19NO2/c1-10-9-17-7-6-12(10)15(16)14-8-11-4-2-3-5-13(11)18-14/h2-5,8,10,12,15H,6-7,9,16H2,1H3. The minimum absolute atomic E-state index is 0.0312. The van der Waals surface area contributed by atoms with Crippen LogP contribution in [0.2, 0.25) is 0 Å². The van der Waals surface area contributed by atoms with Gasteiger partial charge in [0.15, 0.2) is 0 Å². The van der Waals surface area contributed by atoms with E-state index in [4.69, 9.17) is 14.9 Å². The maximum atomic E-state index is 6.37. The number of furan rings is 1. The van der Waals surface area contributed by atoms with Gasteiger partial charge in [0.2, 0.25) is 0 Å². The van der Waals surface area contributed by atoms with E-state index < -0.39 is 0 Å². The number of fused-ring (bicyclic) bond motifs is 1. The molecule has 3 nitrogen and oxygen atoms in total. The van der Waals surface area contributed by atoms with Crippen molar-refractivity contribution in [3.8, 4) is 0 Å². The first-order chi connectivity index (χ1) is 8.75. The summed E-state index contributed by atoms with van der Waals surface area (Å²) >= 11 is 0. The van der Waals surface area contributed by atoms with Crippen molar-refractivity contribution in [2.24, 2.45) is 17.6 Å². The molecule has 2 aromatic rings. The van der Waals surface area contributed by atoms with E-state index in [1.807, 2.05) is 18.2 Å². The molecule has 1 saturated heterocycles. The van der Waals surface area contributed by atoms with Crippen LogP contribution in [-0.2, 0) is 4.74 Å². The first-order valence-corrected chi connectivity index (χ1v) is 6.57. The van der Waals surface area contributed by atoms with Gasteiger partial charge in [0.05, 0.1) is 6.04 Å². The first kappa shape index (κ1) is 11.8. The Labute approximate surface area is 107 Å². The molecular weight excluding hydrogens is 226 g/mol. The second-order valence-corrected chi connectivity index (χ2v) is 5.22. The number of benzene rings is 1. The normalized spacial score (nSPS) is 26.3. The Bertz CT molecular complexity index is 501. The maximum absolute atomic E-state index is 6.37. The predicted molar refractivity (Wildman–Crippen MR) is 71.2 cm³/mol. The molecule has 2 heterocycles. The van der Waals surface area contributed by atoms with Crippen molar-refractivity contribution in [3.05, 3.63) is 36.1 Å². The highest BCUT2D eigenvalue weighted by Crippen LogP contribution is 2.34. The molecule has 0 bridgehead atoms. The van der Waals surface area contributed by atoms with E-state index in [-0.39, 0.29) is 6.04 Å². The quantitative estimate of drug-likeness (QED) is 0.884. The third-order valence-electron chi connectivity index (χ3n) is 3.94. The Hall–Kier alpha value is -1.32. The zero-order valence-electron chi connectivity index (χ0n) is 10.6. The topological polar surface area (TPSA) is 48.4 Å². The number of hydrogen-bond acceptors (Lipinski definition) is 3. The summed E-state index contributed by atoms with van der Waals surface area (Å²) in [7, 11) is 0. The summed E-state index contributed by atoms with van der Waals surface area (Å²) in [5.41, 5.74) is 7.29. The molecule has 0 aliphatic carbocycles. The number of para-hydroxylation sites is 1. The average Bonchev–Trinajstić information content (AvgIpc) is 2.82. The molecule has 0 spiro atoms. The predicted octanol–water partition coefficient (Wildman–Crippen LogP) is 3.11. The van der Waals surface area contributed by atoms with Gasteiger partial charge in [0, 0.05) is 18.6 Å². The van der Waals surface area contributed by atoms with Gasteiger partial charge >= 0.3 is 0 Å². The highest BCUT2D eigenvalue weighted by Gasteiger charge is 2.30. The van der Waals surface area contributed by atoms with Gasteiger partial charge in [-0.25, -0.2) is 0 Å². The lowest BCUT2D eigenvalue weighted by Crippen LogP contribution is -2.33. The van der Waals surface area contributed by atoms with E-state index in [1.165, 1.54) is 0 Å². The summed E-state index contributed by atoms with van der Waals surface area (Å²) in [6, 6.07) is 10.1. The van der Waals surface area contributed by atoms with Crippen LogP contribution in [0.1, 0.15) is 25.1 Å². The average molecular weight is 245 g/mol. The molecule has 0 saturated carbocycles. The van der Waals surface area contributed by atoms with E-state index in [1.54, 1.807) is 0 Å². The Morgan fingerprint density at radius 1 is 1.33 bits per heavy atom. The molecule has 96 valence electrons. The van der Waals surface area contributed by atoms with Crippen molar-refractivity contribution in [2.45, 2.75) is 19.4 Å². The van der Waals surface area contributed by atoms with Crippen LogP contribution in [0.25, 0.3) is 11.0 Å². The van der Waals surface area contributed by atoms with Crippen LogP contribution in [0.3, 0.4) is 0 Å². The van der Waals surface area contributed by atoms with E-state index in [0.717, 1.165) is 36.4 Å². The zero-order valence-corrected chi connectivity index (χ0v) is 10.6. The Kier molecular flexibility index (Phi) is 3.10. The van der Waals surface area contributed by atoms with E-state index in [2.05, 4.69) is 19.1 Å². The molecule has 0 radical (unpaired) electrons. The third-order valence-corrected chi connectivity index (χ3v) is 3.94. The highest BCUT2D eigenvalue weighted by molar-refractivity contribution is 5.77. The smallest absolute Gasteiger partial charge is 0.134 e. The minimum Gasteiger partial charge on any atom is -0.459 e. The van der Waals surface area contributed by atoms with E-state index >= 15 is 0 Å². The largest absolute Gasteiger partial charge is 0.459 e. The summed E-state index contributed by atoms with van der Waals surface area (Å²) in [5.74, 6) is 1.83. The molecule has 18 heavy (non-hydrogen) atoms. The molecule has 3 atom stereocenters. The fourth-order valence-electron chi connectivity index (χ4n) is 2.81. The van der Waals surface area contributed by atoms with Crippen molar-refractivity contribution in [3.63, 3.8) is 0 Å². The summed E-state index contributed by atoms with van der Waals surface area (Å²) in [6.45, 7) is 3.81. The number of nitrogens with two attached hydrogens (primary N) is 1. The molecule has 2 N–H and O–H groups in total. The minimum atomic E-state index is -0.0312. The van der Waals surface area contributed by atoms with Crippen molar-refractivity contribution in [2.75, 3.05) is 13.2 Å². The number of rotatable bonds is 2. The van der Waals surface area contributed by atoms with E-state index in [0.29, 0.717) is 11.8 Å². The molecule has 3 unspecified atom stereocenters. The van der Waals surface area contributed by atoms with Crippen LogP contribution in [0.5, 0.6) is 0 Å². The SMILES string of the molecule is CC1COCCC1C(N)c1cc2ccccc2o1. The third kappa shape index (κ3) is 2.04. The van der Waals surface area contributed by atoms with Gasteiger partial charge in [-0.1, -0.05) is 25.1 Å². The lowest BCUT2D eigenvalue weighted by molar-refractivity contribution is 0.0133. The van der Waals surface area contributed by atoms with Crippen LogP contribution in [0, 0.1) is 11.8 Å². The highest BCUT2D eigenvalue weighted by atomic mass is 16.5. The Morgan fingerprint density at radius 3 is 2.94 bits per heavy atom. The van der Waals surface area contributed by atoms with Crippen LogP contribution in [-0.4, -0.2) is 13.2 Å². The van der Waals surface area contributed by atoms with Gasteiger partial charge in [-0.2, -0.15) is 0 Å². The van der Waals surface area contributed by atoms with Crippen molar-refractivity contribution >= 4 is 11.0 Å². The molecule has 1 aromatic carbocycles. The second-order valence-electron chi connectivity index (χ2n) is 5.22. The molecule has 0 amide bonds. The summed E-state index contributed by atoms with van der Waals surface area (Å²) in [6.07, 6.45) is 1.01. The molecule has 3 heteroatoms. The van der Waals surface area contributed by atoms with Gasteiger partial charge in [0.25, 0.3) is 0 Å². The van der Waals surface area contributed by atoms with Crippen molar-refractivity contribution < 1.29 is 9.15 Å².